The molecule has 102 valence electrons. The highest BCUT2D eigenvalue weighted by Crippen LogP contribution is 2.15. The fourth-order valence-corrected chi connectivity index (χ4v) is 2.18. The van der Waals surface area contributed by atoms with Crippen LogP contribution < -0.4 is 5.43 Å². The normalized spacial score (nSPS) is 11.2. The van der Waals surface area contributed by atoms with E-state index in [-0.39, 0.29) is 11.3 Å². The number of rotatable bonds is 3. The van der Waals surface area contributed by atoms with E-state index in [0.29, 0.717) is 5.71 Å². The molecule has 0 saturated heterocycles. The maximum atomic E-state index is 11.9. The van der Waals surface area contributed by atoms with E-state index in [4.69, 9.17) is 0 Å². The van der Waals surface area contributed by atoms with Gasteiger partial charge in [-0.2, -0.15) is 5.10 Å². The van der Waals surface area contributed by atoms with Crippen molar-refractivity contribution in [1.29, 1.82) is 0 Å². The number of carbonyl (C=O) groups is 1. The summed E-state index contributed by atoms with van der Waals surface area (Å²) in [4.78, 5) is 11.9. The van der Waals surface area contributed by atoms with E-state index in [1.54, 1.807) is 18.2 Å². The Morgan fingerprint density at radius 1 is 1.20 bits per heavy atom. The highest BCUT2D eigenvalue weighted by Gasteiger charge is 2.09. The summed E-state index contributed by atoms with van der Waals surface area (Å²) in [7, 11) is 0. The zero-order valence-electron chi connectivity index (χ0n) is 10.8. The number of phenols is 1. The first-order chi connectivity index (χ1) is 9.58. The number of aromatic hydroxyl groups is 1. The van der Waals surface area contributed by atoms with Crippen LogP contribution in [0.5, 0.6) is 5.75 Å². The third-order valence-corrected chi connectivity index (χ3v) is 3.39. The van der Waals surface area contributed by atoms with Crippen molar-refractivity contribution >= 4 is 34.2 Å². The van der Waals surface area contributed by atoms with Crippen molar-refractivity contribution in [3.63, 3.8) is 0 Å². The van der Waals surface area contributed by atoms with E-state index in [0.717, 1.165) is 9.13 Å². The number of para-hydroxylation sites is 1. The average Bonchev–Trinajstić information content (AvgIpc) is 2.45. The molecular formula is C15H13IN2O2. The molecule has 4 nitrogen and oxygen atoms in total. The van der Waals surface area contributed by atoms with E-state index in [2.05, 4.69) is 33.1 Å². The van der Waals surface area contributed by atoms with Crippen molar-refractivity contribution < 1.29 is 9.90 Å². The third kappa shape index (κ3) is 3.57. The molecule has 2 rings (SSSR count). The topological polar surface area (TPSA) is 61.7 Å². The summed E-state index contributed by atoms with van der Waals surface area (Å²) in [6.45, 7) is 1.82. The summed E-state index contributed by atoms with van der Waals surface area (Å²) in [6, 6.07) is 14.2. The molecule has 0 fully saturated rings. The van der Waals surface area contributed by atoms with Crippen LogP contribution in [0.2, 0.25) is 0 Å². The van der Waals surface area contributed by atoms with Crippen LogP contribution in [0.3, 0.4) is 0 Å². The Balaban J connectivity index is 2.13. The Morgan fingerprint density at radius 2 is 1.95 bits per heavy atom. The SMILES string of the molecule is C/C(=N/NC(=O)c1ccccc1O)c1cccc(I)c1. The molecule has 0 saturated carbocycles. The monoisotopic (exact) mass is 380 g/mol. The molecule has 0 unspecified atom stereocenters. The molecular weight excluding hydrogens is 367 g/mol. The number of amides is 1. The predicted molar refractivity (Wildman–Crippen MR) is 86.9 cm³/mol. The summed E-state index contributed by atoms with van der Waals surface area (Å²) in [5, 5.41) is 13.6. The average molecular weight is 380 g/mol. The zero-order valence-corrected chi connectivity index (χ0v) is 13.0. The molecule has 0 atom stereocenters. The van der Waals surface area contributed by atoms with Crippen LogP contribution in [0, 0.1) is 3.57 Å². The number of nitrogens with one attached hydrogen (secondary N) is 1. The van der Waals surface area contributed by atoms with Crippen LogP contribution in [-0.4, -0.2) is 16.7 Å². The second-order valence-corrected chi connectivity index (χ2v) is 5.41. The molecule has 0 aliphatic rings. The summed E-state index contributed by atoms with van der Waals surface area (Å²) in [6.07, 6.45) is 0. The van der Waals surface area contributed by atoms with E-state index in [1.807, 2.05) is 31.2 Å². The molecule has 0 spiro atoms. The van der Waals surface area contributed by atoms with Crippen molar-refractivity contribution in [3.8, 4) is 5.75 Å². The second kappa shape index (κ2) is 6.51. The minimum Gasteiger partial charge on any atom is -0.507 e. The Hall–Kier alpha value is -1.89. The fourth-order valence-electron chi connectivity index (χ4n) is 1.64. The van der Waals surface area contributed by atoms with Gasteiger partial charge in [0.1, 0.15) is 5.75 Å². The standard InChI is InChI=1S/C15H13IN2O2/c1-10(11-5-4-6-12(16)9-11)17-18-15(20)13-7-2-3-8-14(13)19/h2-9,19H,1H3,(H,18,20)/b17-10-. The molecule has 0 aromatic heterocycles. The molecule has 0 aliphatic carbocycles. The van der Waals surface area contributed by atoms with Crippen LogP contribution >= 0.6 is 22.6 Å². The second-order valence-electron chi connectivity index (χ2n) is 4.17. The molecule has 0 radical (unpaired) electrons. The lowest BCUT2D eigenvalue weighted by atomic mass is 10.1. The number of halogens is 1. The van der Waals surface area contributed by atoms with Crippen molar-refractivity contribution in [1.82, 2.24) is 5.43 Å². The van der Waals surface area contributed by atoms with Gasteiger partial charge in [0.05, 0.1) is 11.3 Å². The number of phenolic OH excluding ortho intramolecular Hbond substituents is 1. The largest absolute Gasteiger partial charge is 0.507 e. The summed E-state index contributed by atoms with van der Waals surface area (Å²) >= 11 is 2.22. The number of benzene rings is 2. The lowest BCUT2D eigenvalue weighted by Gasteiger charge is -2.04. The molecule has 5 heteroatoms. The molecule has 0 aliphatic heterocycles. The molecule has 20 heavy (non-hydrogen) atoms. The minimum absolute atomic E-state index is 0.0629. The van der Waals surface area contributed by atoms with Gasteiger partial charge in [0.25, 0.3) is 5.91 Å². The number of hydrogen-bond donors (Lipinski definition) is 2. The summed E-state index contributed by atoms with van der Waals surface area (Å²) in [5.41, 5.74) is 4.29. The highest BCUT2D eigenvalue weighted by atomic mass is 127. The Kier molecular flexibility index (Phi) is 4.73. The number of hydrogen-bond acceptors (Lipinski definition) is 3. The van der Waals surface area contributed by atoms with Crippen LogP contribution in [0.25, 0.3) is 0 Å². The molecule has 1 amide bonds. The molecule has 2 aromatic carbocycles. The van der Waals surface area contributed by atoms with Gasteiger partial charge < -0.3 is 5.11 Å². The van der Waals surface area contributed by atoms with Gasteiger partial charge in [-0.1, -0.05) is 24.3 Å². The van der Waals surface area contributed by atoms with Crippen LogP contribution in [0.15, 0.2) is 53.6 Å². The number of hydrazone groups is 1. The number of carbonyl (C=O) groups excluding carboxylic acids is 1. The van der Waals surface area contributed by atoms with Gasteiger partial charge in [-0.15, -0.1) is 0 Å². The summed E-state index contributed by atoms with van der Waals surface area (Å²) in [5.74, 6) is -0.500. The van der Waals surface area contributed by atoms with Crippen LogP contribution in [0.1, 0.15) is 22.8 Å². The van der Waals surface area contributed by atoms with Crippen LogP contribution in [-0.2, 0) is 0 Å². The molecule has 0 bridgehead atoms. The first-order valence-corrected chi connectivity index (χ1v) is 7.04. The van der Waals surface area contributed by atoms with Crippen LogP contribution in [0.4, 0.5) is 0 Å². The van der Waals surface area contributed by atoms with E-state index in [1.165, 1.54) is 6.07 Å². The van der Waals surface area contributed by atoms with Gasteiger partial charge in [0, 0.05) is 3.57 Å². The van der Waals surface area contributed by atoms with E-state index < -0.39 is 5.91 Å². The Morgan fingerprint density at radius 3 is 2.65 bits per heavy atom. The lowest BCUT2D eigenvalue weighted by Crippen LogP contribution is -2.19. The third-order valence-electron chi connectivity index (χ3n) is 2.72. The van der Waals surface area contributed by atoms with Gasteiger partial charge in [-0.05, 0) is 59.3 Å². The molecule has 2 N–H and O–H groups in total. The summed E-state index contributed by atoms with van der Waals surface area (Å²) < 4.78 is 1.10. The Bertz CT molecular complexity index is 668. The zero-order chi connectivity index (χ0) is 14.5. The van der Waals surface area contributed by atoms with Crippen molar-refractivity contribution in [2.75, 3.05) is 0 Å². The van der Waals surface area contributed by atoms with Gasteiger partial charge in [-0.3, -0.25) is 4.79 Å². The van der Waals surface area contributed by atoms with Gasteiger partial charge in [0.15, 0.2) is 0 Å². The van der Waals surface area contributed by atoms with E-state index >= 15 is 0 Å². The smallest absolute Gasteiger partial charge is 0.275 e. The quantitative estimate of drug-likeness (QED) is 0.488. The first kappa shape index (κ1) is 14.5. The van der Waals surface area contributed by atoms with Crippen molar-refractivity contribution in [2.45, 2.75) is 6.92 Å². The van der Waals surface area contributed by atoms with Crippen molar-refractivity contribution in [2.24, 2.45) is 5.10 Å². The maximum absolute atomic E-state index is 11.9. The maximum Gasteiger partial charge on any atom is 0.275 e. The lowest BCUT2D eigenvalue weighted by molar-refractivity contribution is 0.0952. The highest BCUT2D eigenvalue weighted by molar-refractivity contribution is 14.1. The van der Waals surface area contributed by atoms with Gasteiger partial charge in [0.2, 0.25) is 0 Å². The number of nitrogens with zero attached hydrogens (tertiary/aromatic N) is 1. The molecule has 2 aromatic rings. The van der Waals surface area contributed by atoms with Crippen molar-refractivity contribution in [3.05, 3.63) is 63.2 Å². The Labute approximate surface area is 130 Å². The fraction of sp³-hybridized carbons (Fsp3) is 0.0667. The van der Waals surface area contributed by atoms with Gasteiger partial charge >= 0.3 is 0 Å². The van der Waals surface area contributed by atoms with E-state index in [9.17, 15) is 9.90 Å². The predicted octanol–water partition coefficient (Wildman–Crippen LogP) is 3.15. The minimum atomic E-state index is -0.437. The molecule has 0 heterocycles. The van der Waals surface area contributed by atoms with Gasteiger partial charge in [-0.25, -0.2) is 5.43 Å². The first-order valence-electron chi connectivity index (χ1n) is 5.96.